The van der Waals surface area contributed by atoms with E-state index in [9.17, 15) is 4.79 Å². The van der Waals surface area contributed by atoms with Crippen LogP contribution in [-0.2, 0) is 0 Å². The van der Waals surface area contributed by atoms with Gasteiger partial charge in [-0.3, -0.25) is 9.59 Å². The van der Waals surface area contributed by atoms with Crippen molar-refractivity contribution in [3.05, 3.63) is 48.6 Å². The van der Waals surface area contributed by atoms with E-state index in [1.54, 1.807) is 6.08 Å². The van der Waals surface area contributed by atoms with Crippen LogP contribution in [0.2, 0.25) is 0 Å². The lowest BCUT2D eigenvalue weighted by molar-refractivity contribution is 0.258. The SMILES string of the molecule is C=CCC(NC(=O)S)c1ccccc1.NC(=O)S. The molecule has 1 aromatic carbocycles. The molecule has 2 amide bonds. The fourth-order valence-electron chi connectivity index (χ4n) is 1.28. The van der Waals surface area contributed by atoms with E-state index >= 15 is 0 Å². The lowest BCUT2D eigenvalue weighted by Crippen LogP contribution is -2.23. The third-order valence-corrected chi connectivity index (χ3v) is 2.03. The average molecular weight is 284 g/mol. The maximum absolute atomic E-state index is 10.8. The van der Waals surface area contributed by atoms with E-state index in [0.717, 1.165) is 5.56 Å². The van der Waals surface area contributed by atoms with Gasteiger partial charge in [-0.15, -0.1) is 6.58 Å². The molecule has 6 heteroatoms. The molecule has 0 bridgehead atoms. The molecule has 1 rings (SSSR count). The van der Waals surface area contributed by atoms with E-state index in [2.05, 4.69) is 42.9 Å². The molecule has 4 nitrogen and oxygen atoms in total. The van der Waals surface area contributed by atoms with Gasteiger partial charge >= 0.3 is 0 Å². The number of nitrogens with one attached hydrogen (secondary N) is 1. The van der Waals surface area contributed by atoms with E-state index in [0.29, 0.717) is 6.42 Å². The fraction of sp³-hybridized carbons (Fsp3) is 0.167. The molecule has 0 radical (unpaired) electrons. The fourth-order valence-corrected chi connectivity index (χ4v) is 1.44. The molecule has 0 heterocycles. The molecule has 1 unspecified atom stereocenters. The number of primary amides is 1. The minimum atomic E-state index is -0.639. The second-order valence-electron chi connectivity index (χ2n) is 3.28. The van der Waals surface area contributed by atoms with Crippen LogP contribution in [0.25, 0.3) is 0 Å². The first-order valence-corrected chi connectivity index (χ1v) is 6.00. The van der Waals surface area contributed by atoms with Crippen molar-refractivity contribution in [2.45, 2.75) is 12.5 Å². The van der Waals surface area contributed by atoms with E-state index in [1.165, 1.54) is 0 Å². The Bertz CT molecular complexity index is 392. The Morgan fingerprint density at radius 3 is 2.22 bits per heavy atom. The van der Waals surface area contributed by atoms with Crippen LogP contribution in [0.4, 0.5) is 9.59 Å². The molecule has 0 aromatic heterocycles. The van der Waals surface area contributed by atoms with Gasteiger partial charge in [0, 0.05) is 0 Å². The Labute approximate surface area is 117 Å². The summed E-state index contributed by atoms with van der Waals surface area (Å²) in [5.74, 6) is 0. The summed E-state index contributed by atoms with van der Waals surface area (Å²) in [6.07, 6.45) is 2.48. The molecule has 0 aliphatic heterocycles. The molecular weight excluding hydrogens is 268 g/mol. The number of rotatable bonds is 4. The quantitative estimate of drug-likeness (QED) is 0.507. The Balaban J connectivity index is 0.000000631. The van der Waals surface area contributed by atoms with Crippen LogP contribution in [0.15, 0.2) is 43.0 Å². The minimum Gasteiger partial charge on any atom is -0.361 e. The summed E-state index contributed by atoms with van der Waals surface area (Å²) >= 11 is 6.80. The number of carbonyl (C=O) groups excluding carboxylic acids is 2. The number of benzene rings is 1. The second-order valence-corrected chi connectivity index (χ2v) is 4.12. The normalized spacial score (nSPS) is 10.6. The van der Waals surface area contributed by atoms with Crippen LogP contribution in [0.5, 0.6) is 0 Å². The summed E-state index contributed by atoms with van der Waals surface area (Å²) in [7, 11) is 0. The zero-order chi connectivity index (χ0) is 14.0. The van der Waals surface area contributed by atoms with Gasteiger partial charge in [0.1, 0.15) is 0 Å². The van der Waals surface area contributed by atoms with Crippen LogP contribution in [0, 0.1) is 0 Å². The highest BCUT2D eigenvalue weighted by atomic mass is 32.1. The number of amides is 2. The van der Waals surface area contributed by atoms with E-state index < -0.39 is 5.24 Å². The summed E-state index contributed by atoms with van der Waals surface area (Å²) in [6, 6.07) is 9.73. The summed E-state index contributed by atoms with van der Waals surface area (Å²) < 4.78 is 0. The minimum absolute atomic E-state index is 0.0290. The van der Waals surface area contributed by atoms with Gasteiger partial charge in [-0.1, -0.05) is 61.7 Å². The zero-order valence-corrected chi connectivity index (χ0v) is 11.5. The molecule has 0 aliphatic carbocycles. The monoisotopic (exact) mass is 284 g/mol. The van der Waals surface area contributed by atoms with Gasteiger partial charge in [-0.25, -0.2) is 0 Å². The topological polar surface area (TPSA) is 72.2 Å². The Morgan fingerprint density at radius 2 is 1.83 bits per heavy atom. The maximum atomic E-state index is 10.8. The lowest BCUT2D eigenvalue weighted by atomic mass is 10.0. The summed E-state index contributed by atoms with van der Waals surface area (Å²) in [4.78, 5) is 19.9. The highest BCUT2D eigenvalue weighted by Gasteiger charge is 2.09. The highest BCUT2D eigenvalue weighted by Crippen LogP contribution is 2.16. The smallest absolute Gasteiger partial charge is 0.276 e. The molecular formula is C12H16N2O2S2. The standard InChI is InChI=1S/C11H13NOS.CH3NOS/c1-2-6-10(12-11(13)14)9-7-4-3-5-8-9;2-1(3)4/h2-5,7-8,10H,1,6H2,(H2,12,13,14);(H3,2,3,4). The predicted octanol–water partition coefficient (Wildman–Crippen LogP) is 2.94. The molecule has 0 saturated heterocycles. The average Bonchev–Trinajstić information content (AvgIpc) is 2.28. The zero-order valence-electron chi connectivity index (χ0n) is 9.74. The highest BCUT2D eigenvalue weighted by molar-refractivity contribution is 7.96. The Hall–Kier alpha value is -1.40. The van der Waals surface area contributed by atoms with E-state index in [1.807, 2.05) is 30.3 Å². The molecule has 0 spiro atoms. The summed E-state index contributed by atoms with van der Waals surface area (Å²) in [6.45, 7) is 3.66. The Kier molecular flexibility index (Phi) is 8.86. The van der Waals surface area contributed by atoms with Crippen molar-refractivity contribution in [2.75, 3.05) is 0 Å². The molecule has 0 fully saturated rings. The lowest BCUT2D eigenvalue weighted by Gasteiger charge is -2.15. The van der Waals surface area contributed by atoms with Crippen molar-refractivity contribution in [3.8, 4) is 0 Å². The molecule has 0 aliphatic rings. The first-order valence-electron chi connectivity index (χ1n) is 5.11. The number of hydrogen-bond donors (Lipinski definition) is 4. The summed E-state index contributed by atoms with van der Waals surface area (Å²) in [5.41, 5.74) is 5.40. The van der Waals surface area contributed by atoms with Crippen LogP contribution in [-0.4, -0.2) is 10.5 Å². The third-order valence-electron chi connectivity index (χ3n) is 1.90. The van der Waals surface area contributed by atoms with Crippen LogP contribution in [0.1, 0.15) is 18.0 Å². The van der Waals surface area contributed by atoms with Gasteiger partial charge in [0.25, 0.3) is 10.5 Å². The predicted molar refractivity (Wildman–Crippen MR) is 80.1 cm³/mol. The van der Waals surface area contributed by atoms with Gasteiger partial charge in [0.05, 0.1) is 6.04 Å². The molecule has 0 saturated carbocycles. The van der Waals surface area contributed by atoms with Crippen LogP contribution >= 0.6 is 25.3 Å². The Morgan fingerprint density at radius 1 is 1.33 bits per heavy atom. The third kappa shape index (κ3) is 8.72. The summed E-state index contributed by atoms with van der Waals surface area (Å²) in [5, 5.41) is 1.79. The largest absolute Gasteiger partial charge is 0.361 e. The molecule has 1 atom stereocenters. The van der Waals surface area contributed by atoms with Gasteiger partial charge < -0.3 is 11.1 Å². The number of hydrogen-bond acceptors (Lipinski definition) is 2. The molecule has 3 N–H and O–H groups in total. The first kappa shape index (κ1) is 16.6. The van der Waals surface area contributed by atoms with Crippen molar-refractivity contribution < 1.29 is 9.59 Å². The number of carbonyl (C=O) groups is 2. The molecule has 18 heavy (non-hydrogen) atoms. The van der Waals surface area contributed by atoms with Crippen molar-refractivity contribution in [3.63, 3.8) is 0 Å². The number of thiol groups is 2. The van der Waals surface area contributed by atoms with Gasteiger partial charge in [-0.2, -0.15) is 0 Å². The van der Waals surface area contributed by atoms with Gasteiger partial charge in [0.15, 0.2) is 0 Å². The van der Waals surface area contributed by atoms with Gasteiger partial charge in [0.2, 0.25) is 0 Å². The van der Waals surface area contributed by atoms with Crippen LogP contribution in [0.3, 0.4) is 0 Å². The van der Waals surface area contributed by atoms with Crippen molar-refractivity contribution in [1.29, 1.82) is 0 Å². The first-order chi connectivity index (χ1) is 8.47. The molecule has 98 valence electrons. The van der Waals surface area contributed by atoms with Crippen molar-refractivity contribution in [1.82, 2.24) is 5.32 Å². The van der Waals surface area contributed by atoms with Crippen LogP contribution < -0.4 is 11.1 Å². The van der Waals surface area contributed by atoms with Crippen molar-refractivity contribution >= 4 is 35.7 Å². The molecule has 1 aromatic rings. The number of nitrogens with two attached hydrogens (primary N) is 1. The van der Waals surface area contributed by atoms with E-state index in [4.69, 9.17) is 4.79 Å². The van der Waals surface area contributed by atoms with E-state index in [-0.39, 0.29) is 11.3 Å². The van der Waals surface area contributed by atoms with Crippen molar-refractivity contribution in [2.24, 2.45) is 5.73 Å². The maximum Gasteiger partial charge on any atom is 0.276 e. The van der Waals surface area contributed by atoms with Gasteiger partial charge in [-0.05, 0) is 12.0 Å². The second kappa shape index (κ2) is 9.61.